The fourth-order valence-electron chi connectivity index (χ4n) is 3.43. The van der Waals surface area contributed by atoms with E-state index in [2.05, 4.69) is 20.3 Å². The molecule has 1 fully saturated rings. The SMILES string of the molecule is O=C(c1ccn[nH]1)N1CCCC(CCc2noc(-c3ccc(F)cc3)n2)C1. The Morgan fingerprint density at radius 1 is 1.30 bits per heavy atom. The zero-order chi connectivity index (χ0) is 18.6. The van der Waals surface area contributed by atoms with Gasteiger partial charge < -0.3 is 9.42 Å². The fourth-order valence-corrected chi connectivity index (χ4v) is 3.43. The summed E-state index contributed by atoms with van der Waals surface area (Å²) in [5.41, 5.74) is 1.22. The number of hydrogen-bond acceptors (Lipinski definition) is 5. The van der Waals surface area contributed by atoms with E-state index in [1.807, 2.05) is 4.90 Å². The summed E-state index contributed by atoms with van der Waals surface area (Å²) in [6.07, 6.45) is 5.22. The molecule has 1 unspecified atom stereocenters. The van der Waals surface area contributed by atoms with Gasteiger partial charge in [0.1, 0.15) is 11.5 Å². The van der Waals surface area contributed by atoms with Gasteiger partial charge in [-0.05, 0) is 55.5 Å². The van der Waals surface area contributed by atoms with E-state index in [1.54, 1.807) is 24.4 Å². The molecule has 140 valence electrons. The summed E-state index contributed by atoms with van der Waals surface area (Å²) in [5, 5.41) is 10.6. The molecule has 7 nitrogen and oxygen atoms in total. The molecule has 8 heteroatoms. The Morgan fingerprint density at radius 2 is 2.15 bits per heavy atom. The van der Waals surface area contributed by atoms with Crippen molar-refractivity contribution in [1.29, 1.82) is 0 Å². The Bertz CT molecular complexity index is 891. The third kappa shape index (κ3) is 4.05. The highest BCUT2D eigenvalue weighted by atomic mass is 19.1. The first-order valence-electron chi connectivity index (χ1n) is 9.06. The van der Waals surface area contributed by atoms with Crippen molar-refractivity contribution in [3.63, 3.8) is 0 Å². The molecule has 0 bridgehead atoms. The molecule has 0 spiro atoms. The number of nitrogens with one attached hydrogen (secondary N) is 1. The van der Waals surface area contributed by atoms with E-state index in [-0.39, 0.29) is 11.7 Å². The number of likely N-dealkylation sites (tertiary alicyclic amines) is 1. The monoisotopic (exact) mass is 369 g/mol. The van der Waals surface area contributed by atoms with Gasteiger partial charge in [-0.1, -0.05) is 5.16 Å². The van der Waals surface area contributed by atoms with E-state index >= 15 is 0 Å². The summed E-state index contributed by atoms with van der Waals surface area (Å²) in [5.74, 6) is 1.12. The lowest BCUT2D eigenvalue weighted by Crippen LogP contribution is -2.40. The van der Waals surface area contributed by atoms with E-state index < -0.39 is 0 Å². The Labute approximate surface area is 155 Å². The first-order chi connectivity index (χ1) is 13.2. The minimum atomic E-state index is -0.301. The van der Waals surface area contributed by atoms with Crippen molar-refractivity contribution in [2.24, 2.45) is 5.92 Å². The molecule has 27 heavy (non-hydrogen) atoms. The Kier molecular flexibility index (Phi) is 4.95. The van der Waals surface area contributed by atoms with Crippen molar-refractivity contribution >= 4 is 5.91 Å². The number of hydrogen-bond donors (Lipinski definition) is 1. The lowest BCUT2D eigenvalue weighted by atomic mass is 9.93. The maximum atomic E-state index is 13.0. The molecule has 1 aliphatic rings. The van der Waals surface area contributed by atoms with Crippen molar-refractivity contribution in [2.75, 3.05) is 13.1 Å². The molecule has 1 amide bonds. The van der Waals surface area contributed by atoms with Gasteiger partial charge in [-0.2, -0.15) is 10.1 Å². The second-order valence-corrected chi connectivity index (χ2v) is 6.79. The van der Waals surface area contributed by atoms with E-state index in [0.717, 1.165) is 32.4 Å². The van der Waals surface area contributed by atoms with Crippen molar-refractivity contribution in [2.45, 2.75) is 25.7 Å². The van der Waals surface area contributed by atoms with Gasteiger partial charge in [-0.15, -0.1) is 0 Å². The molecule has 0 saturated carbocycles. The first kappa shape index (κ1) is 17.4. The van der Waals surface area contributed by atoms with Crippen LogP contribution in [0.3, 0.4) is 0 Å². The highest BCUT2D eigenvalue weighted by Gasteiger charge is 2.25. The minimum Gasteiger partial charge on any atom is -0.337 e. The summed E-state index contributed by atoms with van der Waals surface area (Å²) >= 11 is 0. The smallest absolute Gasteiger partial charge is 0.271 e. The highest BCUT2D eigenvalue weighted by Crippen LogP contribution is 2.23. The molecule has 1 aliphatic heterocycles. The van der Waals surface area contributed by atoms with Crippen LogP contribution < -0.4 is 0 Å². The standard InChI is InChI=1S/C19H20FN5O2/c20-15-6-4-14(5-7-15)18-22-17(24-27-18)8-3-13-2-1-11-25(12-13)19(26)16-9-10-21-23-16/h4-7,9-10,13H,1-3,8,11-12H2,(H,21,23). The number of nitrogens with zero attached hydrogens (tertiary/aromatic N) is 4. The van der Waals surface area contributed by atoms with E-state index in [1.165, 1.54) is 12.1 Å². The average Bonchev–Trinajstić information content (AvgIpc) is 3.39. The predicted molar refractivity (Wildman–Crippen MR) is 95.2 cm³/mol. The summed E-state index contributed by atoms with van der Waals surface area (Å²) < 4.78 is 18.3. The number of carbonyl (C=O) groups is 1. The normalized spacial score (nSPS) is 17.2. The van der Waals surface area contributed by atoms with Crippen LogP contribution in [0.5, 0.6) is 0 Å². The summed E-state index contributed by atoms with van der Waals surface area (Å²) in [6.45, 7) is 1.49. The molecule has 1 saturated heterocycles. The number of aromatic nitrogens is 4. The van der Waals surface area contributed by atoms with E-state index in [9.17, 15) is 9.18 Å². The number of rotatable bonds is 5. The van der Waals surface area contributed by atoms with Gasteiger partial charge in [0.2, 0.25) is 0 Å². The number of halogens is 1. The second-order valence-electron chi connectivity index (χ2n) is 6.79. The van der Waals surface area contributed by atoms with Gasteiger partial charge in [0.25, 0.3) is 11.8 Å². The number of benzene rings is 1. The van der Waals surface area contributed by atoms with Crippen LogP contribution >= 0.6 is 0 Å². The summed E-state index contributed by atoms with van der Waals surface area (Å²) in [6, 6.07) is 7.67. The van der Waals surface area contributed by atoms with Crippen molar-refractivity contribution in [3.05, 3.63) is 53.9 Å². The third-order valence-corrected chi connectivity index (χ3v) is 4.87. The number of aromatic amines is 1. The van der Waals surface area contributed by atoms with Crippen LogP contribution in [0.2, 0.25) is 0 Å². The number of piperidine rings is 1. The maximum Gasteiger partial charge on any atom is 0.271 e. The van der Waals surface area contributed by atoms with Crippen molar-refractivity contribution in [3.8, 4) is 11.5 Å². The zero-order valence-corrected chi connectivity index (χ0v) is 14.8. The molecule has 4 rings (SSSR count). The first-order valence-corrected chi connectivity index (χ1v) is 9.06. The number of carbonyl (C=O) groups excluding carboxylic acids is 1. The number of aryl methyl sites for hydroxylation is 1. The Hall–Kier alpha value is -3.03. The summed E-state index contributed by atoms with van der Waals surface area (Å²) in [7, 11) is 0. The lowest BCUT2D eigenvalue weighted by molar-refractivity contribution is 0.0662. The van der Waals surface area contributed by atoms with E-state index in [0.29, 0.717) is 35.3 Å². The van der Waals surface area contributed by atoms with Crippen LogP contribution in [0.4, 0.5) is 4.39 Å². The van der Waals surface area contributed by atoms with Crippen molar-refractivity contribution < 1.29 is 13.7 Å². The average molecular weight is 369 g/mol. The molecule has 1 atom stereocenters. The third-order valence-electron chi connectivity index (χ3n) is 4.87. The molecule has 3 aromatic rings. The van der Waals surface area contributed by atoms with E-state index in [4.69, 9.17) is 4.52 Å². The largest absolute Gasteiger partial charge is 0.337 e. The second kappa shape index (κ2) is 7.69. The lowest BCUT2D eigenvalue weighted by Gasteiger charge is -2.32. The van der Waals surface area contributed by atoms with Crippen LogP contribution in [0, 0.1) is 11.7 Å². The van der Waals surface area contributed by atoms with Gasteiger partial charge in [0.15, 0.2) is 5.82 Å². The maximum absolute atomic E-state index is 13.0. The van der Waals surface area contributed by atoms with Crippen LogP contribution in [0.25, 0.3) is 11.5 Å². The van der Waals surface area contributed by atoms with Crippen LogP contribution in [-0.2, 0) is 6.42 Å². The minimum absolute atomic E-state index is 0.00430. The Morgan fingerprint density at radius 3 is 2.93 bits per heavy atom. The predicted octanol–water partition coefficient (Wildman–Crippen LogP) is 3.08. The van der Waals surface area contributed by atoms with Crippen LogP contribution in [-0.4, -0.2) is 44.2 Å². The number of amides is 1. The Balaban J connectivity index is 1.33. The van der Waals surface area contributed by atoms with Gasteiger partial charge in [0, 0.05) is 31.3 Å². The van der Waals surface area contributed by atoms with Gasteiger partial charge >= 0.3 is 0 Å². The molecular formula is C19H20FN5O2. The van der Waals surface area contributed by atoms with Gasteiger partial charge in [-0.25, -0.2) is 4.39 Å². The topological polar surface area (TPSA) is 87.9 Å². The molecule has 3 heterocycles. The van der Waals surface area contributed by atoms with Crippen LogP contribution in [0.1, 0.15) is 35.6 Å². The fraction of sp³-hybridized carbons (Fsp3) is 0.368. The zero-order valence-electron chi connectivity index (χ0n) is 14.8. The van der Waals surface area contributed by atoms with Gasteiger partial charge in [-0.3, -0.25) is 9.89 Å². The summed E-state index contributed by atoms with van der Waals surface area (Å²) in [4.78, 5) is 18.7. The highest BCUT2D eigenvalue weighted by molar-refractivity contribution is 5.92. The molecule has 0 aliphatic carbocycles. The van der Waals surface area contributed by atoms with Gasteiger partial charge in [0.05, 0.1) is 0 Å². The molecule has 2 aromatic heterocycles. The van der Waals surface area contributed by atoms with Crippen molar-refractivity contribution in [1.82, 2.24) is 25.2 Å². The molecular weight excluding hydrogens is 349 g/mol. The number of H-pyrrole nitrogens is 1. The quantitative estimate of drug-likeness (QED) is 0.747. The van der Waals surface area contributed by atoms with Crippen LogP contribution in [0.15, 0.2) is 41.1 Å². The molecule has 1 aromatic carbocycles. The molecule has 0 radical (unpaired) electrons. The molecule has 1 N–H and O–H groups in total.